The van der Waals surface area contributed by atoms with Crippen molar-refractivity contribution in [2.24, 2.45) is 5.92 Å². The minimum absolute atomic E-state index is 0.146. The van der Waals surface area contributed by atoms with E-state index < -0.39 is 6.10 Å². The molecule has 1 fully saturated rings. The highest BCUT2D eigenvalue weighted by molar-refractivity contribution is 5.43. The van der Waals surface area contributed by atoms with Crippen LogP contribution in [0.15, 0.2) is 17.1 Å². The monoisotopic (exact) mass is 251 g/mol. The Morgan fingerprint density at radius 1 is 1.50 bits per heavy atom. The fourth-order valence-corrected chi connectivity index (χ4v) is 2.25. The molecule has 0 radical (unpaired) electrons. The summed E-state index contributed by atoms with van der Waals surface area (Å²) >= 11 is 0. The van der Waals surface area contributed by atoms with Gasteiger partial charge in [-0.3, -0.25) is 4.79 Å². The standard InChI is InChI=1S/C13H21N3O2/c1-10-3-5-15(6-4-10)12-7-13(18)16(14-8-12)9-11(2)17/h7-8,10-11,17H,3-6,9H2,1-2H3. The Bertz CT molecular complexity index is 448. The molecule has 1 saturated heterocycles. The number of aliphatic hydroxyl groups excluding tert-OH is 1. The van der Waals surface area contributed by atoms with Crippen LogP contribution in [-0.2, 0) is 6.54 Å². The number of aliphatic hydroxyl groups is 1. The summed E-state index contributed by atoms with van der Waals surface area (Å²) in [4.78, 5) is 14.1. The minimum atomic E-state index is -0.558. The number of hydrogen-bond donors (Lipinski definition) is 1. The highest BCUT2D eigenvalue weighted by Gasteiger charge is 2.17. The molecule has 0 aromatic carbocycles. The van der Waals surface area contributed by atoms with Gasteiger partial charge in [0.05, 0.1) is 24.5 Å². The largest absolute Gasteiger partial charge is 0.391 e. The number of nitrogens with zero attached hydrogens (tertiary/aromatic N) is 3. The van der Waals surface area contributed by atoms with Gasteiger partial charge in [0.1, 0.15) is 0 Å². The zero-order valence-corrected chi connectivity index (χ0v) is 11.0. The van der Waals surface area contributed by atoms with Crippen molar-refractivity contribution in [1.29, 1.82) is 0 Å². The molecule has 1 atom stereocenters. The van der Waals surface area contributed by atoms with Gasteiger partial charge in [-0.15, -0.1) is 0 Å². The Morgan fingerprint density at radius 3 is 2.72 bits per heavy atom. The van der Waals surface area contributed by atoms with E-state index in [1.807, 2.05) is 0 Å². The lowest BCUT2D eigenvalue weighted by atomic mass is 9.99. The molecule has 100 valence electrons. The van der Waals surface area contributed by atoms with Crippen LogP contribution in [0, 0.1) is 5.92 Å². The Morgan fingerprint density at radius 2 is 2.17 bits per heavy atom. The second-order valence-electron chi connectivity index (χ2n) is 5.25. The van der Waals surface area contributed by atoms with Crippen molar-refractivity contribution in [2.45, 2.75) is 39.3 Å². The van der Waals surface area contributed by atoms with Crippen LogP contribution in [-0.4, -0.2) is 34.1 Å². The Balaban J connectivity index is 2.11. The van der Waals surface area contributed by atoms with E-state index in [2.05, 4.69) is 16.9 Å². The molecular formula is C13H21N3O2. The minimum Gasteiger partial charge on any atom is -0.391 e. The summed E-state index contributed by atoms with van der Waals surface area (Å²) in [6, 6.07) is 1.62. The molecule has 1 aromatic rings. The van der Waals surface area contributed by atoms with Crippen LogP contribution in [0.5, 0.6) is 0 Å². The van der Waals surface area contributed by atoms with Gasteiger partial charge in [-0.25, -0.2) is 4.68 Å². The summed E-state index contributed by atoms with van der Waals surface area (Å²) in [7, 11) is 0. The van der Waals surface area contributed by atoms with E-state index in [4.69, 9.17) is 0 Å². The zero-order valence-electron chi connectivity index (χ0n) is 11.0. The van der Waals surface area contributed by atoms with Crippen molar-refractivity contribution in [3.05, 3.63) is 22.6 Å². The first-order chi connectivity index (χ1) is 8.56. The van der Waals surface area contributed by atoms with Gasteiger partial charge in [-0.05, 0) is 25.7 Å². The first kappa shape index (κ1) is 13.1. The molecule has 0 saturated carbocycles. The van der Waals surface area contributed by atoms with Crippen LogP contribution >= 0.6 is 0 Å². The van der Waals surface area contributed by atoms with E-state index >= 15 is 0 Å². The molecule has 0 amide bonds. The van der Waals surface area contributed by atoms with E-state index in [0.29, 0.717) is 0 Å². The third-order valence-electron chi connectivity index (χ3n) is 3.44. The van der Waals surface area contributed by atoms with Crippen LogP contribution in [0.2, 0.25) is 0 Å². The highest BCUT2D eigenvalue weighted by atomic mass is 16.3. The second kappa shape index (κ2) is 5.52. The van der Waals surface area contributed by atoms with Crippen molar-refractivity contribution in [3.8, 4) is 0 Å². The molecule has 2 rings (SSSR count). The predicted octanol–water partition coefficient (Wildman–Crippen LogP) is 0.860. The van der Waals surface area contributed by atoms with Gasteiger partial charge in [0, 0.05) is 19.2 Å². The van der Waals surface area contributed by atoms with Gasteiger partial charge in [0.25, 0.3) is 5.56 Å². The average molecular weight is 251 g/mol. The number of rotatable bonds is 3. The number of piperidine rings is 1. The molecule has 1 aromatic heterocycles. The second-order valence-corrected chi connectivity index (χ2v) is 5.25. The normalized spacial score (nSPS) is 18.9. The molecule has 5 nitrogen and oxygen atoms in total. The van der Waals surface area contributed by atoms with E-state index in [-0.39, 0.29) is 12.1 Å². The summed E-state index contributed by atoms with van der Waals surface area (Å²) in [5.74, 6) is 0.768. The smallest absolute Gasteiger partial charge is 0.268 e. The van der Waals surface area contributed by atoms with E-state index in [0.717, 1.165) is 37.5 Å². The maximum Gasteiger partial charge on any atom is 0.268 e. The molecular weight excluding hydrogens is 230 g/mol. The quantitative estimate of drug-likeness (QED) is 0.865. The maximum absolute atomic E-state index is 11.8. The predicted molar refractivity (Wildman–Crippen MR) is 70.8 cm³/mol. The van der Waals surface area contributed by atoms with Crippen molar-refractivity contribution >= 4 is 5.69 Å². The van der Waals surface area contributed by atoms with Crippen molar-refractivity contribution in [1.82, 2.24) is 9.78 Å². The van der Waals surface area contributed by atoms with Crippen molar-refractivity contribution in [2.75, 3.05) is 18.0 Å². The number of anilines is 1. The third kappa shape index (κ3) is 3.10. The number of hydrogen-bond acceptors (Lipinski definition) is 4. The molecule has 5 heteroatoms. The van der Waals surface area contributed by atoms with Crippen LogP contribution in [0.4, 0.5) is 5.69 Å². The molecule has 1 aliphatic heterocycles. The van der Waals surface area contributed by atoms with E-state index in [1.54, 1.807) is 19.2 Å². The molecule has 0 spiro atoms. The summed E-state index contributed by atoms with van der Waals surface area (Å²) in [6.45, 7) is 6.13. The van der Waals surface area contributed by atoms with Gasteiger partial charge in [0.2, 0.25) is 0 Å². The summed E-state index contributed by atoms with van der Waals surface area (Å²) in [6.07, 6.45) is 3.49. The first-order valence-corrected chi connectivity index (χ1v) is 6.56. The lowest BCUT2D eigenvalue weighted by molar-refractivity contribution is 0.166. The lowest BCUT2D eigenvalue weighted by Gasteiger charge is -2.31. The van der Waals surface area contributed by atoms with Gasteiger partial charge in [0.15, 0.2) is 0 Å². The fourth-order valence-electron chi connectivity index (χ4n) is 2.25. The zero-order chi connectivity index (χ0) is 13.1. The maximum atomic E-state index is 11.8. The Hall–Kier alpha value is -1.36. The SMILES string of the molecule is CC(O)Cn1ncc(N2CCC(C)CC2)cc1=O. The Kier molecular flexibility index (Phi) is 4.01. The van der Waals surface area contributed by atoms with E-state index in [1.165, 1.54) is 4.68 Å². The topological polar surface area (TPSA) is 58.4 Å². The summed E-state index contributed by atoms with van der Waals surface area (Å²) < 4.78 is 1.31. The van der Waals surface area contributed by atoms with Crippen molar-refractivity contribution in [3.63, 3.8) is 0 Å². The van der Waals surface area contributed by atoms with Crippen molar-refractivity contribution < 1.29 is 5.11 Å². The molecule has 1 N–H and O–H groups in total. The lowest BCUT2D eigenvalue weighted by Crippen LogP contribution is -2.35. The molecule has 18 heavy (non-hydrogen) atoms. The molecule has 0 bridgehead atoms. The van der Waals surface area contributed by atoms with Crippen LogP contribution in [0.3, 0.4) is 0 Å². The summed E-state index contributed by atoms with van der Waals surface area (Å²) in [5, 5.41) is 13.4. The first-order valence-electron chi connectivity index (χ1n) is 6.56. The fraction of sp³-hybridized carbons (Fsp3) is 0.692. The summed E-state index contributed by atoms with van der Waals surface area (Å²) in [5.41, 5.74) is 0.751. The molecule has 1 aliphatic rings. The number of aromatic nitrogens is 2. The molecule has 0 aliphatic carbocycles. The van der Waals surface area contributed by atoms with Crippen LogP contribution in [0.1, 0.15) is 26.7 Å². The van der Waals surface area contributed by atoms with Gasteiger partial charge >= 0.3 is 0 Å². The molecule has 2 heterocycles. The van der Waals surface area contributed by atoms with Crippen LogP contribution in [0.25, 0.3) is 0 Å². The van der Waals surface area contributed by atoms with Gasteiger partial charge < -0.3 is 10.0 Å². The van der Waals surface area contributed by atoms with E-state index in [9.17, 15) is 9.90 Å². The van der Waals surface area contributed by atoms with Gasteiger partial charge in [-0.1, -0.05) is 6.92 Å². The van der Waals surface area contributed by atoms with Gasteiger partial charge in [-0.2, -0.15) is 5.10 Å². The Labute approximate surface area is 107 Å². The highest BCUT2D eigenvalue weighted by Crippen LogP contribution is 2.20. The average Bonchev–Trinajstić information content (AvgIpc) is 2.32. The van der Waals surface area contributed by atoms with Crippen LogP contribution < -0.4 is 10.5 Å². The molecule has 1 unspecified atom stereocenters. The third-order valence-corrected chi connectivity index (χ3v) is 3.44.